The molecule has 5 rings (SSSR count). The summed E-state index contributed by atoms with van der Waals surface area (Å²) in [5.41, 5.74) is 8.20. The van der Waals surface area contributed by atoms with Crippen LogP contribution in [0.1, 0.15) is 37.7 Å². The second-order valence-corrected chi connectivity index (χ2v) is 8.69. The minimum absolute atomic E-state index is 0.187. The molecule has 1 aromatic heterocycles. The summed E-state index contributed by atoms with van der Waals surface area (Å²) in [7, 11) is 0. The van der Waals surface area contributed by atoms with E-state index in [4.69, 9.17) is 15.5 Å². The molecule has 1 aromatic carbocycles. The van der Waals surface area contributed by atoms with E-state index in [0.717, 1.165) is 41.9 Å². The summed E-state index contributed by atoms with van der Waals surface area (Å²) in [4.78, 5) is 8.82. The average molecular weight is 383 g/mol. The predicted octanol–water partition coefficient (Wildman–Crippen LogP) is 4.49. The molecule has 140 valence electrons. The van der Waals surface area contributed by atoms with Crippen molar-refractivity contribution in [1.82, 2.24) is 4.98 Å². The first kappa shape index (κ1) is 17.0. The highest BCUT2D eigenvalue weighted by atomic mass is 32.2. The van der Waals surface area contributed by atoms with Gasteiger partial charge in [-0.3, -0.25) is 4.99 Å². The average Bonchev–Trinajstić information content (AvgIpc) is 2.69. The maximum absolute atomic E-state index is 14.3. The Morgan fingerprint density at radius 1 is 1.22 bits per heavy atom. The van der Waals surface area contributed by atoms with Gasteiger partial charge in [-0.1, -0.05) is 24.2 Å². The third-order valence-electron chi connectivity index (χ3n) is 6.15. The van der Waals surface area contributed by atoms with Crippen LogP contribution in [0.15, 0.2) is 41.5 Å². The molecular formula is C21H22FN3OS. The number of aliphatic imine (C=N–C) groups is 1. The molecular weight excluding hydrogens is 361 g/mol. The first-order valence-electron chi connectivity index (χ1n) is 9.57. The summed E-state index contributed by atoms with van der Waals surface area (Å²) in [6.45, 7) is 0. The van der Waals surface area contributed by atoms with Crippen molar-refractivity contribution in [3.63, 3.8) is 0 Å². The van der Waals surface area contributed by atoms with Gasteiger partial charge in [0, 0.05) is 29.0 Å². The number of fused-ring (bicyclic) bond motifs is 4. The number of halogens is 1. The Bertz CT molecular complexity index is 918. The maximum Gasteiger partial charge on any atom is 0.220 e. The molecule has 1 fully saturated rings. The zero-order chi connectivity index (χ0) is 18.4. The van der Waals surface area contributed by atoms with E-state index in [2.05, 4.69) is 4.98 Å². The Kier molecular flexibility index (Phi) is 4.11. The lowest BCUT2D eigenvalue weighted by atomic mass is 9.66. The van der Waals surface area contributed by atoms with Crippen LogP contribution in [0.3, 0.4) is 0 Å². The van der Waals surface area contributed by atoms with Crippen LogP contribution in [0.5, 0.6) is 5.75 Å². The first-order chi connectivity index (χ1) is 13.2. The van der Waals surface area contributed by atoms with Crippen LogP contribution in [0.25, 0.3) is 11.1 Å². The van der Waals surface area contributed by atoms with Gasteiger partial charge in [0.2, 0.25) is 5.95 Å². The van der Waals surface area contributed by atoms with Gasteiger partial charge in [-0.2, -0.15) is 4.39 Å². The maximum atomic E-state index is 14.3. The lowest BCUT2D eigenvalue weighted by molar-refractivity contribution is 0.0158. The molecule has 6 heteroatoms. The van der Waals surface area contributed by atoms with Crippen LogP contribution in [-0.2, 0) is 5.54 Å². The first-order valence-corrected chi connectivity index (χ1v) is 10.6. The highest BCUT2D eigenvalue weighted by Gasteiger charge is 2.51. The van der Waals surface area contributed by atoms with Crippen LogP contribution in [0.4, 0.5) is 4.39 Å². The van der Waals surface area contributed by atoms with Gasteiger partial charge in [-0.15, -0.1) is 0 Å². The number of ether oxygens (including phenoxy) is 1. The Balaban J connectivity index is 1.70. The summed E-state index contributed by atoms with van der Waals surface area (Å²) in [6, 6.07) is 9.46. The van der Waals surface area contributed by atoms with Crippen molar-refractivity contribution in [2.45, 2.75) is 43.7 Å². The van der Waals surface area contributed by atoms with Gasteiger partial charge in [-0.05, 0) is 55.5 Å². The van der Waals surface area contributed by atoms with Crippen LogP contribution in [-0.4, -0.2) is 22.0 Å². The fraction of sp³-hybridized carbons (Fsp3) is 0.429. The quantitative estimate of drug-likeness (QED) is 0.737. The summed E-state index contributed by atoms with van der Waals surface area (Å²) >= 11 is 1.62. The Labute approximate surface area is 162 Å². The highest BCUT2D eigenvalue weighted by Crippen LogP contribution is 2.54. The second kappa shape index (κ2) is 6.51. The molecule has 2 aliphatic heterocycles. The Hall–Kier alpha value is -2.08. The number of thioether (sulfide) groups is 1. The Morgan fingerprint density at radius 2 is 2.11 bits per heavy atom. The molecule has 0 saturated heterocycles. The van der Waals surface area contributed by atoms with Crippen LogP contribution in [0, 0.1) is 11.9 Å². The van der Waals surface area contributed by atoms with E-state index in [0.29, 0.717) is 16.6 Å². The normalized spacial score (nSPS) is 29.4. The zero-order valence-corrected chi connectivity index (χ0v) is 15.8. The molecule has 1 saturated carbocycles. The standard InChI is InChI=1S/C21H22FN3OS/c22-19-14(4-3-10-24-19)13-7-8-18-16(12-13)21(9-11-27-20(23)25-21)15-5-1-2-6-17(15)26-18/h3-4,7-8,10,12,15,17H,1-2,5-6,9,11H2,(H2,23,25). The third-order valence-corrected chi connectivity index (χ3v) is 6.95. The molecule has 0 bridgehead atoms. The number of hydrogen-bond acceptors (Lipinski definition) is 5. The second-order valence-electron chi connectivity index (χ2n) is 7.57. The van der Waals surface area contributed by atoms with Crippen molar-refractivity contribution < 1.29 is 9.13 Å². The molecule has 2 aromatic rings. The number of rotatable bonds is 1. The molecule has 1 aliphatic carbocycles. The molecule has 3 unspecified atom stereocenters. The van der Waals surface area contributed by atoms with E-state index in [-0.39, 0.29) is 11.6 Å². The van der Waals surface area contributed by atoms with E-state index in [9.17, 15) is 4.39 Å². The van der Waals surface area contributed by atoms with Gasteiger partial charge in [0.15, 0.2) is 5.17 Å². The van der Waals surface area contributed by atoms with Gasteiger partial charge in [0.25, 0.3) is 0 Å². The zero-order valence-electron chi connectivity index (χ0n) is 15.0. The molecule has 4 nitrogen and oxygen atoms in total. The van der Waals surface area contributed by atoms with Crippen molar-refractivity contribution in [2.24, 2.45) is 16.6 Å². The Morgan fingerprint density at radius 3 is 2.96 bits per heavy atom. The number of aromatic nitrogens is 1. The fourth-order valence-electron chi connectivity index (χ4n) is 4.95. The van der Waals surface area contributed by atoms with Gasteiger partial charge >= 0.3 is 0 Å². The largest absolute Gasteiger partial charge is 0.490 e. The molecule has 1 spiro atoms. The summed E-state index contributed by atoms with van der Waals surface area (Å²) in [6.07, 6.45) is 7.14. The molecule has 2 N–H and O–H groups in total. The van der Waals surface area contributed by atoms with Crippen LogP contribution in [0.2, 0.25) is 0 Å². The number of benzene rings is 1. The van der Waals surface area contributed by atoms with E-state index < -0.39 is 5.95 Å². The van der Waals surface area contributed by atoms with Gasteiger partial charge in [0.1, 0.15) is 11.9 Å². The third kappa shape index (κ3) is 2.73. The highest BCUT2D eigenvalue weighted by molar-refractivity contribution is 8.13. The fourth-order valence-corrected chi connectivity index (χ4v) is 5.80. The number of pyridine rings is 1. The SMILES string of the molecule is NC1=NC2(CCS1)c1cc(-c3cccnc3F)ccc1OC1CCCCC12. The number of nitrogens with zero attached hydrogens (tertiary/aromatic N) is 2. The monoisotopic (exact) mass is 383 g/mol. The van der Waals surface area contributed by atoms with Crippen molar-refractivity contribution in [2.75, 3.05) is 5.75 Å². The van der Waals surface area contributed by atoms with Gasteiger partial charge in [-0.25, -0.2) is 4.98 Å². The number of hydrogen-bond donors (Lipinski definition) is 1. The van der Waals surface area contributed by atoms with E-state index in [1.165, 1.54) is 19.0 Å². The van der Waals surface area contributed by atoms with Crippen molar-refractivity contribution >= 4 is 16.9 Å². The smallest absolute Gasteiger partial charge is 0.220 e. The topological polar surface area (TPSA) is 60.5 Å². The van der Waals surface area contributed by atoms with E-state index in [1.54, 1.807) is 23.9 Å². The minimum Gasteiger partial charge on any atom is -0.490 e. The lowest BCUT2D eigenvalue weighted by Crippen LogP contribution is -2.50. The predicted molar refractivity (Wildman–Crippen MR) is 106 cm³/mol. The summed E-state index contributed by atoms with van der Waals surface area (Å²) < 4.78 is 20.7. The van der Waals surface area contributed by atoms with Gasteiger partial charge in [0.05, 0.1) is 5.54 Å². The lowest BCUT2D eigenvalue weighted by Gasteiger charge is -2.50. The summed E-state index contributed by atoms with van der Waals surface area (Å²) in [5, 5.41) is 0.649. The minimum atomic E-state index is -0.457. The van der Waals surface area contributed by atoms with Crippen molar-refractivity contribution in [3.8, 4) is 16.9 Å². The summed E-state index contributed by atoms with van der Waals surface area (Å²) in [5.74, 6) is 1.69. The van der Waals surface area contributed by atoms with Crippen LogP contribution >= 0.6 is 11.8 Å². The van der Waals surface area contributed by atoms with E-state index >= 15 is 0 Å². The molecule has 3 heterocycles. The van der Waals surface area contributed by atoms with Gasteiger partial charge < -0.3 is 10.5 Å². The number of amidine groups is 1. The van der Waals surface area contributed by atoms with Crippen molar-refractivity contribution in [3.05, 3.63) is 48.0 Å². The molecule has 0 amide bonds. The van der Waals surface area contributed by atoms with Crippen molar-refractivity contribution in [1.29, 1.82) is 0 Å². The van der Waals surface area contributed by atoms with E-state index in [1.807, 2.05) is 18.2 Å². The number of nitrogens with two attached hydrogens (primary N) is 1. The molecule has 3 atom stereocenters. The van der Waals surface area contributed by atoms with Crippen LogP contribution < -0.4 is 10.5 Å². The molecule has 27 heavy (non-hydrogen) atoms. The molecule has 0 radical (unpaired) electrons. The molecule has 3 aliphatic rings.